The number of carbonyl (C=O) groups is 2. The van der Waals surface area contributed by atoms with Crippen molar-refractivity contribution in [1.82, 2.24) is 9.88 Å². The monoisotopic (exact) mass is 465 g/mol. The summed E-state index contributed by atoms with van der Waals surface area (Å²) in [6.45, 7) is 5.69. The lowest BCUT2D eigenvalue weighted by Gasteiger charge is -2.23. The third-order valence-electron chi connectivity index (χ3n) is 6.12. The van der Waals surface area contributed by atoms with Gasteiger partial charge in [-0.15, -0.1) is 0 Å². The van der Waals surface area contributed by atoms with E-state index in [4.69, 9.17) is 11.6 Å². The molecule has 1 aliphatic carbocycles. The first kappa shape index (κ1) is 23.1. The van der Waals surface area contributed by atoms with Crippen molar-refractivity contribution >= 4 is 39.9 Å². The topological polar surface area (TPSA) is 80.2 Å². The smallest absolute Gasteiger partial charge is 0.259 e. The number of benzene rings is 2. The third-order valence-corrected chi connectivity index (χ3v) is 6.37. The van der Waals surface area contributed by atoms with Crippen LogP contribution in [0.1, 0.15) is 51.1 Å². The minimum Gasteiger partial charge on any atom is -0.352 e. The molecule has 4 rings (SSSR count). The predicted octanol–water partition coefficient (Wildman–Crippen LogP) is 4.87. The van der Waals surface area contributed by atoms with Crippen molar-refractivity contribution in [2.24, 2.45) is 5.92 Å². The second-order valence-corrected chi connectivity index (χ2v) is 9.47. The van der Waals surface area contributed by atoms with E-state index in [0.717, 1.165) is 18.4 Å². The fraction of sp³-hybridized carbons (Fsp3) is 0.346. The highest BCUT2D eigenvalue weighted by molar-refractivity contribution is 6.30. The van der Waals surface area contributed by atoms with Crippen molar-refractivity contribution in [2.45, 2.75) is 51.6 Å². The van der Waals surface area contributed by atoms with Gasteiger partial charge in [0.05, 0.1) is 5.92 Å². The van der Waals surface area contributed by atoms with Gasteiger partial charge in [-0.05, 0) is 61.6 Å². The van der Waals surface area contributed by atoms with Crippen molar-refractivity contribution in [3.05, 3.63) is 75.7 Å². The average molecular weight is 466 g/mol. The Morgan fingerprint density at radius 3 is 2.30 bits per heavy atom. The summed E-state index contributed by atoms with van der Waals surface area (Å²) in [4.78, 5) is 39.1. The van der Waals surface area contributed by atoms with Crippen LogP contribution in [0.15, 0.2) is 59.5 Å². The Balaban J connectivity index is 1.64. The normalized spacial score (nSPS) is 15.3. The molecule has 33 heavy (non-hydrogen) atoms. The van der Waals surface area contributed by atoms with Crippen LogP contribution in [0, 0.1) is 5.92 Å². The molecule has 172 valence electrons. The quantitative estimate of drug-likeness (QED) is 0.522. The van der Waals surface area contributed by atoms with Crippen LogP contribution < -0.4 is 16.2 Å². The van der Waals surface area contributed by atoms with Crippen LogP contribution in [0.5, 0.6) is 0 Å². The number of fused-ring (bicyclic) bond motifs is 1. The first-order chi connectivity index (χ1) is 15.8. The van der Waals surface area contributed by atoms with Gasteiger partial charge in [-0.25, -0.2) is 0 Å². The fourth-order valence-corrected chi connectivity index (χ4v) is 4.16. The Bertz CT molecular complexity index is 1250. The first-order valence-electron chi connectivity index (χ1n) is 11.3. The molecule has 1 heterocycles. The summed E-state index contributed by atoms with van der Waals surface area (Å²) < 4.78 is 1.51. The second kappa shape index (κ2) is 9.40. The zero-order valence-electron chi connectivity index (χ0n) is 19.0. The van der Waals surface area contributed by atoms with E-state index in [1.807, 2.05) is 32.9 Å². The van der Waals surface area contributed by atoms with E-state index in [-0.39, 0.29) is 29.3 Å². The summed E-state index contributed by atoms with van der Waals surface area (Å²) in [6, 6.07) is 13.8. The van der Waals surface area contributed by atoms with E-state index >= 15 is 0 Å². The molecule has 0 bridgehead atoms. The Morgan fingerprint density at radius 2 is 1.67 bits per heavy atom. The highest BCUT2D eigenvalue weighted by Gasteiger charge is 2.31. The molecule has 1 aliphatic rings. The van der Waals surface area contributed by atoms with Gasteiger partial charge in [-0.1, -0.05) is 43.6 Å². The molecule has 2 N–H and O–H groups in total. The highest BCUT2D eigenvalue weighted by atomic mass is 35.5. The summed E-state index contributed by atoms with van der Waals surface area (Å²) in [6.07, 6.45) is 3.63. The molecule has 1 aromatic heterocycles. The predicted molar refractivity (Wildman–Crippen MR) is 132 cm³/mol. The van der Waals surface area contributed by atoms with Crippen LogP contribution in [-0.4, -0.2) is 22.4 Å². The lowest BCUT2D eigenvalue weighted by Crippen LogP contribution is -2.40. The lowest BCUT2D eigenvalue weighted by molar-refractivity contribution is -0.125. The number of nitrogens with one attached hydrogen (secondary N) is 2. The number of nitrogens with zero attached hydrogens (tertiary/aromatic N) is 1. The summed E-state index contributed by atoms with van der Waals surface area (Å²) in [5, 5.41) is 7.68. The molecule has 0 radical (unpaired) electrons. The van der Waals surface area contributed by atoms with Crippen molar-refractivity contribution in [2.75, 3.05) is 5.32 Å². The second-order valence-electron chi connectivity index (χ2n) is 9.03. The van der Waals surface area contributed by atoms with E-state index in [1.54, 1.807) is 42.6 Å². The Morgan fingerprint density at radius 1 is 0.970 bits per heavy atom. The van der Waals surface area contributed by atoms with Gasteiger partial charge in [-0.2, -0.15) is 0 Å². The Kier molecular flexibility index (Phi) is 6.56. The van der Waals surface area contributed by atoms with Gasteiger partial charge in [0.25, 0.3) is 5.56 Å². The van der Waals surface area contributed by atoms with E-state index < -0.39 is 12.0 Å². The van der Waals surface area contributed by atoms with Crippen LogP contribution in [0.25, 0.3) is 10.8 Å². The molecule has 0 unspecified atom stereocenters. The number of hydrogen-bond acceptors (Lipinski definition) is 3. The summed E-state index contributed by atoms with van der Waals surface area (Å²) in [5.74, 6) is -0.760. The summed E-state index contributed by atoms with van der Waals surface area (Å²) in [5.41, 5.74) is 1.16. The number of amides is 2. The van der Waals surface area contributed by atoms with Gasteiger partial charge in [0.1, 0.15) is 6.04 Å². The molecular formula is C26H28ClN3O3. The van der Waals surface area contributed by atoms with Crippen LogP contribution in [0.4, 0.5) is 5.69 Å². The maximum Gasteiger partial charge on any atom is 0.259 e. The Labute approximate surface area is 197 Å². The zero-order chi connectivity index (χ0) is 23.7. The Hall–Kier alpha value is -3.12. The minimum atomic E-state index is -0.592. The number of aromatic nitrogens is 1. The van der Waals surface area contributed by atoms with Crippen LogP contribution in [0.3, 0.4) is 0 Å². The van der Waals surface area contributed by atoms with Gasteiger partial charge in [0.15, 0.2) is 0 Å². The average Bonchev–Trinajstić information content (AvgIpc) is 3.59. The van der Waals surface area contributed by atoms with E-state index in [9.17, 15) is 14.4 Å². The number of carbonyl (C=O) groups excluding carboxylic acids is 2. The molecule has 1 fully saturated rings. The maximum atomic E-state index is 13.4. The van der Waals surface area contributed by atoms with Crippen LogP contribution >= 0.6 is 11.6 Å². The SMILES string of the molecule is CC(C)[C@H](C(=O)NC1CC1)n1ccc2c(NC(=O)[C@H](C)c3ccc(Cl)cc3)cccc2c1=O. The molecule has 2 aromatic carbocycles. The molecule has 0 spiro atoms. The van der Waals surface area contributed by atoms with Crippen molar-refractivity contribution in [1.29, 1.82) is 0 Å². The fourth-order valence-electron chi connectivity index (χ4n) is 4.03. The van der Waals surface area contributed by atoms with Crippen molar-refractivity contribution in [3.8, 4) is 0 Å². The van der Waals surface area contributed by atoms with Gasteiger partial charge < -0.3 is 15.2 Å². The van der Waals surface area contributed by atoms with E-state index in [0.29, 0.717) is 21.5 Å². The molecule has 3 aromatic rings. The maximum absolute atomic E-state index is 13.4. The number of hydrogen-bond donors (Lipinski definition) is 2. The lowest BCUT2D eigenvalue weighted by atomic mass is 10.00. The molecule has 2 amide bonds. The number of anilines is 1. The molecule has 6 nitrogen and oxygen atoms in total. The summed E-state index contributed by atoms with van der Waals surface area (Å²) in [7, 11) is 0. The van der Waals surface area contributed by atoms with Gasteiger partial charge in [0.2, 0.25) is 11.8 Å². The molecule has 7 heteroatoms. The van der Waals surface area contributed by atoms with Crippen LogP contribution in [0.2, 0.25) is 5.02 Å². The van der Waals surface area contributed by atoms with Crippen LogP contribution in [-0.2, 0) is 9.59 Å². The zero-order valence-corrected chi connectivity index (χ0v) is 19.7. The van der Waals surface area contributed by atoms with Crippen molar-refractivity contribution < 1.29 is 9.59 Å². The standard InChI is InChI=1S/C26H28ClN3O3/c1-15(2)23(25(32)28-19-11-12-19)30-14-13-20-21(26(30)33)5-4-6-22(20)29-24(31)16(3)17-7-9-18(27)10-8-17/h4-10,13-16,19,23H,11-12H2,1-3H3,(H,28,32)(H,29,31)/t16-,23-/m1/s1. The number of halogens is 1. The molecule has 1 saturated carbocycles. The largest absolute Gasteiger partial charge is 0.352 e. The van der Waals surface area contributed by atoms with E-state index in [1.165, 1.54) is 4.57 Å². The highest BCUT2D eigenvalue weighted by Crippen LogP contribution is 2.27. The summed E-state index contributed by atoms with van der Waals surface area (Å²) >= 11 is 5.95. The van der Waals surface area contributed by atoms with Crippen molar-refractivity contribution in [3.63, 3.8) is 0 Å². The first-order valence-corrected chi connectivity index (χ1v) is 11.6. The van der Waals surface area contributed by atoms with E-state index in [2.05, 4.69) is 10.6 Å². The molecular weight excluding hydrogens is 438 g/mol. The molecule has 0 aliphatic heterocycles. The van der Waals surface area contributed by atoms with Gasteiger partial charge >= 0.3 is 0 Å². The third kappa shape index (κ3) is 4.96. The van der Waals surface area contributed by atoms with Gasteiger partial charge in [-0.3, -0.25) is 14.4 Å². The van der Waals surface area contributed by atoms with Gasteiger partial charge in [0, 0.05) is 33.7 Å². The molecule has 2 atom stereocenters. The minimum absolute atomic E-state index is 0.0537. The number of pyridine rings is 1. The number of rotatable bonds is 7. The molecule has 0 saturated heterocycles.